The van der Waals surface area contributed by atoms with Gasteiger partial charge in [-0.05, 0) is 45.8 Å². The van der Waals surface area contributed by atoms with Gasteiger partial charge < -0.3 is 10.7 Å². The van der Waals surface area contributed by atoms with E-state index in [0.29, 0.717) is 6.54 Å². The summed E-state index contributed by atoms with van der Waals surface area (Å²) in [7, 11) is 0. The van der Waals surface area contributed by atoms with Crippen molar-refractivity contribution >= 4 is 38.3 Å². The van der Waals surface area contributed by atoms with Gasteiger partial charge in [0.1, 0.15) is 5.82 Å². The first-order chi connectivity index (χ1) is 8.26. The maximum atomic E-state index is 5.62. The van der Waals surface area contributed by atoms with E-state index in [4.69, 9.17) is 5.73 Å². The van der Waals surface area contributed by atoms with Crippen molar-refractivity contribution in [2.75, 3.05) is 0 Å². The molecule has 0 fully saturated rings. The lowest BCUT2D eigenvalue weighted by Gasteiger charge is -1.94. The standard InChI is InChI=1S/C12H10BrN3S/c13-11-4-3-10(17-11)12-15-8-2-1-7(6-14)5-9(8)16-12/h1-5H,6,14H2,(H,15,16). The molecule has 0 saturated heterocycles. The predicted octanol–water partition coefficient (Wildman–Crippen LogP) is 3.51. The van der Waals surface area contributed by atoms with E-state index in [-0.39, 0.29) is 0 Å². The number of nitrogens with one attached hydrogen (secondary N) is 1. The van der Waals surface area contributed by atoms with Crippen molar-refractivity contribution in [2.45, 2.75) is 6.54 Å². The molecule has 3 rings (SSSR count). The van der Waals surface area contributed by atoms with E-state index in [9.17, 15) is 0 Å². The molecule has 0 unspecified atom stereocenters. The molecule has 0 radical (unpaired) electrons. The Morgan fingerprint density at radius 2 is 2.18 bits per heavy atom. The van der Waals surface area contributed by atoms with Crippen molar-refractivity contribution in [3.05, 3.63) is 39.7 Å². The number of H-pyrrole nitrogens is 1. The van der Waals surface area contributed by atoms with Gasteiger partial charge in [-0.25, -0.2) is 4.98 Å². The van der Waals surface area contributed by atoms with Crippen LogP contribution in [0.15, 0.2) is 34.1 Å². The molecule has 0 aliphatic carbocycles. The smallest absolute Gasteiger partial charge is 0.148 e. The molecule has 3 N–H and O–H groups in total. The van der Waals surface area contributed by atoms with Crippen LogP contribution in [0.25, 0.3) is 21.7 Å². The maximum Gasteiger partial charge on any atom is 0.148 e. The Hall–Kier alpha value is -1.17. The van der Waals surface area contributed by atoms with E-state index < -0.39 is 0 Å². The Morgan fingerprint density at radius 3 is 2.88 bits per heavy atom. The highest BCUT2D eigenvalue weighted by molar-refractivity contribution is 9.11. The Morgan fingerprint density at radius 1 is 1.29 bits per heavy atom. The van der Waals surface area contributed by atoms with Crippen molar-refractivity contribution in [1.82, 2.24) is 9.97 Å². The maximum absolute atomic E-state index is 5.62. The molecule has 3 nitrogen and oxygen atoms in total. The zero-order valence-corrected chi connectivity index (χ0v) is 11.3. The lowest BCUT2D eigenvalue weighted by molar-refractivity contribution is 1.07. The monoisotopic (exact) mass is 307 g/mol. The number of aromatic nitrogens is 2. The van der Waals surface area contributed by atoms with Crippen LogP contribution < -0.4 is 5.73 Å². The molecule has 86 valence electrons. The molecular weight excluding hydrogens is 298 g/mol. The van der Waals surface area contributed by atoms with Crippen LogP contribution in [0.4, 0.5) is 0 Å². The first-order valence-electron chi connectivity index (χ1n) is 5.20. The first-order valence-corrected chi connectivity index (χ1v) is 6.81. The van der Waals surface area contributed by atoms with Crippen molar-refractivity contribution in [1.29, 1.82) is 0 Å². The average molecular weight is 308 g/mol. The number of benzene rings is 1. The van der Waals surface area contributed by atoms with Crippen LogP contribution in [0.2, 0.25) is 0 Å². The van der Waals surface area contributed by atoms with E-state index in [1.54, 1.807) is 11.3 Å². The third kappa shape index (κ3) is 2.01. The highest BCUT2D eigenvalue weighted by Crippen LogP contribution is 2.30. The number of fused-ring (bicyclic) bond motifs is 1. The fourth-order valence-corrected chi connectivity index (χ4v) is 3.07. The quantitative estimate of drug-likeness (QED) is 0.761. The third-order valence-corrected chi connectivity index (χ3v) is 4.22. The summed E-state index contributed by atoms with van der Waals surface area (Å²) in [6.07, 6.45) is 0. The minimum absolute atomic E-state index is 0.550. The number of imidazole rings is 1. The minimum Gasteiger partial charge on any atom is -0.337 e. The molecule has 5 heteroatoms. The molecular formula is C12H10BrN3S. The van der Waals surface area contributed by atoms with Crippen LogP contribution in [-0.4, -0.2) is 9.97 Å². The van der Waals surface area contributed by atoms with Crippen molar-refractivity contribution in [3.63, 3.8) is 0 Å². The van der Waals surface area contributed by atoms with Crippen LogP contribution >= 0.6 is 27.3 Å². The minimum atomic E-state index is 0.550. The summed E-state index contributed by atoms with van der Waals surface area (Å²) >= 11 is 5.12. The van der Waals surface area contributed by atoms with Gasteiger partial charge >= 0.3 is 0 Å². The summed E-state index contributed by atoms with van der Waals surface area (Å²) in [6, 6.07) is 10.1. The molecule has 0 bridgehead atoms. The zero-order valence-electron chi connectivity index (χ0n) is 8.90. The number of aromatic amines is 1. The second kappa shape index (κ2) is 4.25. The molecule has 2 aromatic heterocycles. The van der Waals surface area contributed by atoms with Crippen LogP contribution in [-0.2, 0) is 6.54 Å². The molecule has 0 saturated carbocycles. The SMILES string of the molecule is NCc1ccc2nc(-c3ccc(Br)s3)[nH]c2c1. The number of nitrogens with two attached hydrogens (primary N) is 1. The predicted molar refractivity (Wildman–Crippen MR) is 75.0 cm³/mol. The van der Waals surface area contributed by atoms with Gasteiger partial charge in [-0.1, -0.05) is 6.07 Å². The lowest BCUT2D eigenvalue weighted by atomic mass is 10.2. The van der Waals surface area contributed by atoms with Gasteiger partial charge in [-0.15, -0.1) is 11.3 Å². The van der Waals surface area contributed by atoms with Gasteiger partial charge in [-0.3, -0.25) is 0 Å². The van der Waals surface area contributed by atoms with Crippen molar-refractivity contribution in [3.8, 4) is 10.7 Å². The fraction of sp³-hybridized carbons (Fsp3) is 0.0833. The summed E-state index contributed by atoms with van der Waals surface area (Å²) in [5.41, 5.74) is 8.74. The molecule has 0 aliphatic rings. The van der Waals surface area contributed by atoms with E-state index in [1.165, 1.54) is 0 Å². The third-order valence-electron chi connectivity index (χ3n) is 2.59. The second-order valence-electron chi connectivity index (χ2n) is 3.74. The summed E-state index contributed by atoms with van der Waals surface area (Å²) in [6.45, 7) is 0.550. The molecule has 0 amide bonds. The lowest BCUT2D eigenvalue weighted by Crippen LogP contribution is -1.95. The number of halogens is 1. The van der Waals surface area contributed by atoms with E-state index in [1.807, 2.05) is 18.2 Å². The largest absolute Gasteiger partial charge is 0.337 e. The highest BCUT2D eigenvalue weighted by Gasteiger charge is 2.07. The van der Waals surface area contributed by atoms with Gasteiger partial charge in [0.2, 0.25) is 0 Å². The Labute approximate surface area is 111 Å². The van der Waals surface area contributed by atoms with Crippen LogP contribution in [0.3, 0.4) is 0 Å². The van der Waals surface area contributed by atoms with E-state index in [2.05, 4.69) is 38.0 Å². The first kappa shape index (κ1) is 11.0. The van der Waals surface area contributed by atoms with Crippen LogP contribution in [0, 0.1) is 0 Å². The molecule has 17 heavy (non-hydrogen) atoms. The van der Waals surface area contributed by atoms with Gasteiger partial charge in [0.25, 0.3) is 0 Å². The number of nitrogens with zero attached hydrogens (tertiary/aromatic N) is 1. The van der Waals surface area contributed by atoms with Gasteiger partial charge in [0, 0.05) is 6.54 Å². The summed E-state index contributed by atoms with van der Waals surface area (Å²) in [4.78, 5) is 9.01. The van der Waals surface area contributed by atoms with Crippen molar-refractivity contribution < 1.29 is 0 Å². The highest BCUT2D eigenvalue weighted by atomic mass is 79.9. The number of rotatable bonds is 2. The van der Waals surface area contributed by atoms with Crippen molar-refractivity contribution in [2.24, 2.45) is 5.73 Å². The number of hydrogen-bond acceptors (Lipinski definition) is 3. The van der Waals surface area contributed by atoms with Crippen LogP contribution in [0.1, 0.15) is 5.56 Å². The molecule has 0 spiro atoms. The summed E-state index contributed by atoms with van der Waals surface area (Å²) in [5, 5.41) is 0. The average Bonchev–Trinajstić information content (AvgIpc) is 2.93. The van der Waals surface area contributed by atoms with E-state index in [0.717, 1.165) is 31.1 Å². The van der Waals surface area contributed by atoms with E-state index >= 15 is 0 Å². The summed E-state index contributed by atoms with van der Waals surface area (Å²) in [5.74, 6) is 0.907. The zero-order chi connectivity index (χ0) is 11.8. The second-order valence-corrected chi connectivity index (χ2v) is 6.21. The Bertz CT molecular complexity index is 671. The number of hydrogen-bond donors (Lipinski definition) is 2. The molecule has 1 aromatic carbocycles. The number of thiophene rings is 1. The normalized spacial score (nSPS) is 11.2. The fourth-order valence-electron chi connectivity index (χ4n) is 1.74. The topological polar surface area (TPSA) is 54.7 Å². The molecule has 0 aliphatic heterocycles. The Kier molecular flexibility index (Phi) is 2.74. The van der Waals surface area contributed by atoms with Crippen LogP contribution in [0.5, 0.6) is 0 Å². The molecule has 3 aromatic rings. The molecule has 2 heterocycles. The Balaban J connectivity index is 2.13. The van der Waals surface area contributed by atoms with Gasteiger partial charge in [0.15, 0.2) is 0 Å². The van der Waals surface area contributed by atoms with Gasteiger partial charge in [-0.2, -0.15) is 0 Å². The molecule has 0 atom stereocenters. The summed E-state index contributed by atoms with van der Waals surface area (Å²) < 4.78 is 1.11. The van der Waals surface area contributed by atoms with Gasteiger partial charge in [0.05, 0.1) is 19.7 Å².